The lowest BCUT2D eigenvalue weighted by atomic mass is 10.0. The average Bonchev–Trinajstić information content (AvgIpc) is 2.26. The van der Waals surface area contributed by atoms with E-state index in [1.807, 2.05) is 0 Å². The third kappa shape index (κ3) is 6.59. The van der Waals surface area contributed by atoms with Crippen molar-refractivity contribution in [2.24, 2.45) is 5.92 Å². The molecule has 0 spiro atoms. The molecule has 0 aromatic carbocycles. The molecule has 3 N–H and O–H groups in total. The van der Waals surface area contributed by atoms with Crippen LogP contribution in [0.25, 0.3) is 0 Å². The summed E-state index contributed by atoms with van der Waals surface area (Å²) in [5.41, 5.74) is 5.47. The first-order valence-electron chi connectivity index (χ1n) is 6.49. The van der Waals surface area contributed by atoms with Crippen molar-refractivity contribution in [3.8, 4) is 0 Å². The molecule has 0 aliphatic rings. The van der Waals surface area contributed by atoms with Crippen LogP contribution in [0, 0.1) is 5.92 Å². The molecule has 1 aromatic heterocycles. The molecule has 0 fully saturated rings. The van der Waals surface area contributed by atoms with Gasteiger partial charge >= 0.3 is 0 Å². The molecule has 0 atom stereocenters. The number of rotatable bonds is 8. The number of aromatic nitrogens is 3. The van der Waals surface area contributed by atoms with Crippen LogP contribution in [0.4, 0.5) is 11.9 Å². The van der Waals surface area contributed by atoms with Crippen LogP contribution < -0.4 is 11.1 Å². The lowest BCUT2D eigenvalue weighted by Gasteiger charge is -2.06. The van der Waals surface area contributed by atoms with E-state index in [9.17, 15) is 0 Å². The topological polar surface area (TPSA) is 76.7 Å². The Kier molecular flexibility index (Phi) is 6.72. The van der Waals surface area contributed by atoms with E-state index < -0.39 is 0 Å². The summed E-state index contributed by atoms with van der Waals surface area (Å²) in [5, 5.41) is 3.23. The van der Waals surface area contributed by atoms with Gasteiger partial charge in [0.05, 0.1) is 0 Å². The number of anilines is 2. The molecule has 0 amide bonds. The molecule has 0 unspecified atom stereocenters. The fourth-order valence-electron chi connectivity index (χ4n) is 1.68. The SMILES string of the molecule is CC(C)CCCCCCNc1nc(N)nc(Cl)n1. The molecular formula is C12H22ClN5. The summed E-state index contributed by atoms with van der Waals surface area (Å²) in [6.45, 7) is 5.36. The predicted molar refractivity (Wildman–Crippen MR) is 75.7 cm³/mol. The monoisotopic (exact) mass is 271 g/mol. The second-order valence-corrected chi connectivity index (χ2v) is 5.15. The largest absolute Gasteiger partial charge is 0.368 e. The van der Waals surface area contributed by atoms with Gasteiger partial charge in [0, 0.05) is 6.54 Å². The van der Waals surface area contributed by atoms with Gasteiger partial charge in [0.25, 0.3) is 0 Å². The molecule has 0 saturated carbocycles. The van der Waals surface area contributed by atoms with Gasteiger partial charge in [0.1, 0.15) is 0 Å². The molecule has 0 saturated heterocycles. The highest BCUT2D eigenvalue weighted by atomic mass is 35.5. The lowest BCUT2D eigenvalue weighted by Crippen LogP contribution is -2.08. The maximum Gasteiger partial charge on any atom is 0.228 e. The van der Waals surface area contributed by atoms with Gasteiger partial charge < -0.3 is 11.1 Å². The Morgan fingerprint density at radius 3 is 2.50 bits per heavy atom. The van der Waals surface area contributed by atoms with Crippen molar-refractivity contribution < 1.29 is 0 Å². The summed E-state index contributed by atoms with van der Waals surface area (Å²) in [4.78, 5) is 11.6. The van der Waals surface area contributed by atoms with Crippen molar-refractivity contribution in [1.82, 2.24) is 15.0 Å². The fourth-order valence-corrected chi connectivity index (χ4v) is 1.84. The zero-order chi connectivity index (χ0) is 13.4. The Balaban J connectivity index is 2.10. The molecule has 102 valence electrons. The minimum atomic E-state index is 0.127. The molecule has 1 rings (SSSR count). The van der Waals surface area contributed by atoms with Crippen LogP contribution in [-0.4, -0.2) is 21.5 Å². The Labute approximate surface area is 114 Å². The van der Waals surface area contributed by atoms with Gasteiger partial charge in [-0.05, 0) is 23.9 Å². The predicted octanol–water partition coefficient (Wildman–Crippen LogP) is 3.13. The second kappa shape index (κ2) is 8.08. The van der Waals surface area contributed by atoms with Crippen LogP contribution in [0.15, 0.2) is 0 Å². The van der Waals surface area contributed by atoms with E-state index in [0.717, 1.165) is 18.9 Å². The van der Waals surface area contributed by atoms with Crippen molar-refractivity contribution in [3.05, 3.63) is 5.28 Å². The summed E-state index contributed by atoms with van der Waals surface area (Å²) in [5.74, 6) is 1.41. The summed E-state index contributed by atoms with van der Waals surface area (Å²) < 4.78 is 0. The van der Waals surface area contributed by atoms with Gasteiger partial charge in [0.2, 0.25) is 17.2 Å². The molecule has 0 aliphatic carbocycles. The van der Waals surface area contributed by atoms with E-state index in [4.69, 9.17) is 17.3 Å². The Hall–Kier alpha value is -1.10. The highest BCUT2D eigenvalue weighted by molar-refractivity contribution is 6.28. The minimum Gasteiger partial charge on any atom is -0.368 e. The Bertz CT molecular complexity index is 336. The molecule has 5 nitrogen and oxygen atoms in total. The lowest BCUT2D eigenvalue weighted by molar-refractivity contribution is 0.523. The number of unbranched alkanes of at least 4 members (excludes halogenated alkanes) is 3. The summed E-state index contributed by atoms with van der Waals surface area (Å²) in [6, 6.07) is 0. The first-order chi connectivity index (χ1) is 8.58. The zero-order valence-corrected chi connectivity index (χ0v) is 11.9. The van der Waals surface area contributed by atoms with Crippen molar-refractivity contribution in [2.45, 2.75) is 46.0 Å². The first kappa shape index (κ1) is 15.0. The summed E-state index contributed by atoms with van der Waals surface area (Å²) in [7, 11) is 0. The maximum atomic E-state index is 5.68. The average molecular weight is 272 g/mol. The van der Waals surface area contributed by atoms with Gasteiger partial charge in [-0.15, -0.1) is 0 Å². The Morgan fingerprint density at radius 1 is 1.11 bits per heavy atom. The van der Waals surface area contributed by atoms with E-state index in [0.29, 0.717) is 5.95 Å². The normalized spacial score (nSPS) is 10.9. The fraction of sp³-hybridized carbons (Fsp3) is 0.750. The second-order valence-electron chi connectivity index (χ2n) is 4.81. The van der Waals surface area contributed by atoms with E-state index in [1.54, 1.807) is 0 Å². The zero-order valence-electron chi connectivity index (χ0n) is 11.1. The number of nitrogens with two attached hydrogens (primary N) is 1. The number of nitrogens with one attached hydrogen (secondary N) is 1. The van der Waals surface area contributed by atoms with Gasteiger partial charge in [-0.3, -0.25) is 0 Å². The number of nitrogen functional groups attached to an aromatic ring is 1. The molecular weight excluding hydrogens is 250 g/mol. The van der Waals surface area contributed by atoms with Crippen LogP contribution in [0.5, 0.6) is 0 Å². The van der Waals surface area contributed by atoms with Gasteiger partial charge in [-0.1, -0.05) is 39.5 Å². The van der Waals surface area contributed by atoms with Crippen LogP contribution in [0.3, 0.4) is 0 Å². The standard InChI is InChI=1S/C12H22ClN5/c1-9(2)7-5-3-4-6-8-15-12-17-10(13)16-11(14)18-12/h9H,3-8H2,1-2H3,(H3,14,15,16,17,18). The van der Waals surface area contributed by atoms with Crippen molar-refractivity contribution in [1.29, 1.82) is 0 Å². The third-order valence-corrected chi connectivity index (χ3v) is 2.79. The number of hydrogen-bond donors (Lipinski definition) is 2. The van der Waals surface area contributed by atoms with Crippen LogP contribution in [0.2, 0.25) is 5.28 Å². The smallest absolute Gasteiger partial charge is 0.228 e. The first-order valence-corrected chi connectivity index (χ1v) is 6.86. The summed E-state index contributed by atoms with van der Waals surface area (Å²) in [6.07, 6.45) is 6.21. The number of halogens is 1. The van der Waals surface area contributed by atoms with Crippen LogP contribution in [-0.2, 0) is 0 Å². The molecule has 6 heteroatoms. The summed E-state index contributed by atoms with van der Waals surface area (Å²) >= 11 is 5.68. The Morgan fingerprint density at radius 2 is 1.83 bits per heavy atom. The molecule has 0 bridgehead atoms. The number of nitrogens with zero attached hydrogens (tertiary/aromatic N) is 3. The van der Waals surface area contributed by atoms with Crippen molar-refractivity contribution in [3.63, 3.8) is 0 Å². The molecule has 1 heterocycles. The highest BCUT2D eigenvalue weighted by Crippen LogP contribution is 2.10. The van der Waals surface area contributed by atoms with Gasteiger partial charge in [-0.2, -0.15) is 15.0 Å². The molecule has 0 aliphatic heterocycles. The third-order valence-electron chi connectivity index (χ3n) is 2.62. The molecule has 0 radical (unpaired) electrons. The number of hydrogen-bond acceptors (Lipinski definition) is 5. The van der Waals surface area contributed by atoms with Crippen molar-refractivity contribution >= 4 is 23.5 Å². The van der Waals surface area contributed by atoms with E-state index in [-0.39, 0.29) is 11.2 Å². The van der Waals surface area contributed by atoms with E-state index >= 15 is 0 Å². The molecule has 1 aromatic rings. The van der Waals surface area contributed by atoms with Crippen LogP contribution >= 0.6 is 11.6 Å². The van der Waals surface area contributed by atoms with Gasteiger partial charge in [0.15, 0.2) is 0 Å². The van der Waals surface area contributed by atoms with E-state index in [2.05, 4.69) is 34.1 Å². The van der Waals surface area contributed by atoms with Gasteiger partial charge in [-0.25, -0.2) is 0 Å². The quantitative estimate of drug-likeness (QED) is 0.711. The highest BCUT2D eigenvalue weighted by Gasteiger charge is 2.01. The molecule has 18 heavy (non-hydrogen) atoms. The van der Waals surface area contributed by atoms with Crippen LogP contribution in [0.1, 0.15) is 46.0 Å². The minimum absolute atomic E-state index is 0.127. The van der Waals surface area contributed by atoms with E-state index in [1.165, 1.54) is 25.7 Å². The van der Waals surface area contributed by atoms with Crippen molar-refractivity contribution in [2.75, 3.05) is 17.6 Å². The maximum absolute atomic E-state index is 5.68.